The van der Waals surface area contributed by atoms with Crippen molar-refractivity contribution in [2.45, 2.75) is 19.9 Å². The summed E-state index contributed by atoms with van der Waals surface area (Å²) >= 11 is 5.67. The average Bonchev–Trinajstić information content (AvgIpc) is 2.12. The molecule has 1 aromatic rings. The van der Waals surface area contributed by atoms with Gasteiger partial charge >= 0.3 is 5.69 Å². The fourth-order valence-corrected chi connectivity index (χ4v) is 2.48. The van der Waals surface area contributed by atoms with Crippen molar-refractivity contribution in [2.24, 2.45) is 0 Å². The maximum Gasteiger partial charge on any atom is 0.332 e. The molecule has 1 N–H and O–H groups in total. The number of nitrogens with one attached hydrogen (secondary N) is 1. The quantitative estimate of drug-likeness (QED) is 0.502. The van der Waals surface area contributed by atoms with Gasteiger partial charge in [0.1, 0.15) is 5.69 Å². The second-order valence-electron chi connectivity index (χ2n) is 3.82. The average molecular weight is 293 g/mol. The van der Waals surface area contributed by atoms with Gasteiger partial charge in [-0.3, -0.25) is 14.3 Å². The maximum absolute atomic E-state index is 11.1. The van der Waals surface area contributed by atoms with E-state index in [0.29, 0.717) is 5.75 Å². The van der Waals surface area contributed by atoms with Crippen molar-refractivity contribution >= 4 is 33.9 Å². The molecule has 0 aliphatic rings. The molecule has 0 amide bonds. The first kappa shape index (κ1) is 14.8. The standard InChI is InChI=1S/C9H13ClN4O3S/c1-5(4-18(3)17)11-8-7(14(15)16)6(2)12-9(10)13-8/h5H,4H2,1-3H3,(H,11,12,13). The van der Waals surface area contributed by atoms with Gasteiger partial charge in [0, 0.05) is 28.9 Å². The monoisotopic (exact) mass is 292 g/mol. The third kappa shape index (κ3) is 3.88. The Morgan fingerprint density at radius 2 is 2.17 bits per heavy atom. The summed E-state index contributed by atoms with van der Waals surface area (Å²) in [5, 5.41) is 13.7. The van der Waals surface area contributed by atoms with E-state index in [0.717, 1.165) is 0 Å². The molecule has 7 nitrogen and oxygen atoms in total. The molecule has 0 fully saturated rings. The Bertz CT molecular complexity index is 497. The minimum absolute atomic E-state index is 0.0513. The Morgan fingerprint density at radius 1 is 1.56 bits per heavy atom. The predicted octanol–water partition coefficient (Wildman–Crippen LogP) is 1.53. The second kappa shape index (κ2) is 6.05. The highest BCUT2D eigenvalue weighted by atomic mass is 35.5. The minimum Gasteiger partial charge on any atom is -0.361 e. The summed E-state index contributed by atoms with van der Waals surface area (Å²) in [5.41, 5.74) is -0.0274. The molecule has 0 saturated heterocycles. The number of nitro groups is 1. The van der Waals surface area contributed by atoms with Crippen LogP contribution in [0.15, 0.2) is 0 Å². The summed E-state index contributed by atoms with van der Waals surface area (Å²) in [5.74, 6) is 0.410. The van der Waals surface area contributed by atoms with Crippen LogP contribution in [0.2, 0.25) is 5.28 Å². The summed E-state index contributed by atoms with van der Waals surface area (Å²) in [7, 11) is -1.01. The Labute approximate surface area is 112 Å². The molecule has 2 unspecified atom stereocenters. The Balaban J connectivity index is 3.07. The Morgan fingerprint density at radius 3 is 2.67 bits per heavy atom. The molecule has 100 valence electrons. The van der Waals surface area contributed by atoms with Crippen molar-refractivity contribution in [3.05, 3.63) is 21.1 Å². The van der Waals surface area contributed by atoms with E-state index in [9.17, 15) is 14.3 Å². The van der Waals surface area contributed by atoms with E-state index in [-0.39, 0.29) is 28.5 Å². The normalized spacial score (nSPS) is 14.0. The zero-order valence-corrected chi connectivity index (χ0v) is 11.7. The second-order valence-corrected chi connectivity index (χ2v) is 5.64. The number of halogens is 1. The maximum atomic E-state index is 11.1. The zero-order valence-electron chi connectivity index (χ0n) is 10.1. The van der Waals surface area contributed by atoms with Crippen molar-refractivity contribution in [3.8, 4) is 0 Å². The lowest BCUT2D eigenvalue weighted by atomic mass is 10.3. The summed E-state index contributed by atoms with van der Waals surface area (Å²) in [6.07, 6.45) is 1.56. The van der Waals surface area contributed by atoms with Crippen LogP contribution in [0.3, 0.4) is 0 Å². The van der Waals surface area contributed by atoms with Gasteiger partial charge in [0.2, 0.25) is 11.1 Å². The molecule has 0 spiro atoms. The molecule has 1 heterocycles. The highest BCUT2D eigenvalue weighted by Crippen LogP contribution is 2.26. The molecular formula is C9H13ClN4O3S. The fraction of sp³-hybridized carbons (Fsp3) is 0.556. The van der Waals surface area contributed by atoms with E-state index in [2.05, 4.69) is 15.3 Å². The Kier molecular flexibility index (Phi) is 4.97. The fourth-order valence-electron chi connectivity index (χ4n) is 1.48. The number of hydrogen-bond acceptors (Lipinski definition) is 6. The van der Waals surface area contributed by atoms with Crippen molar-refractivity contribution in [3.63, 3.8) is 0 Å². The molecule has 0 aromatic carbocycles. The highest BCUT2D eigenvalue weighted by molar-refractivity contribution is 7.84. The zero-order chi connectivity index (χ0) is 13.9. The minimum atomic E-state index is -1.01. The SMILES string of the molecule is Cc1nc(Cl)nc(NC(C)CS(C)=O)c1[N+](=O)[O-]. The molecule has 0 saturated carbocycles. The van der Waals surface area contributed by atoms with E-state index in [4.69, 9.17) is 11.6 Å². The van der Waals surface area contributed by atoms with Crippen LogP contribution in [-0.4, -0.2) is 37.2 Å². The van der Waals surface area contributed by atoms with Gasteiger partial charge in [0.05, 0.1) is 4.92 Å². The van der Waals surface area contributed by atoms with Crippen LogP contribution >= 0.6 is 11.6 Å². The van der Waals surface area contributed by atoms with Gasteiger partial charge in [-0.25, -0.2) is 4.98 Å². The van der Waals surface area contributed by atoms with Crippen LogP contribution in [0.25, 0.3) is 0 Å². The number of anilines is 1. The van der Waals surface area contributed by atoms with Crippen LogP contribution in [0.5, 0.6) is 0 Å². The molecule has 0 radical (unpaired) electrons. The van der Waals surface area contributed by atoms with Crippen molar-refractivity contribution in [1.29, 1.82) is 0 Å². The number of aromatic nitrogens is 2. The predicted molar refractivity (Wildman–Crippen MR) is 70.5 cm³/mol. The van der Waals surface area contributed by atoms with Gasteiger partial charge in [-0.15, -0.1) is 0 Å². The molecular weight excluding hydrogens is 280 g/mol. The van der Waals surface area contributed by atoms with Gasteiger partial charge in [0.15, 0.2) is 0 Å². The lowest BCUT2D eigenvalue weighted by molar-refractivity contribution is -0.385. The summed E-state index contributed by atoms with van der Waals surface area (Å²) in [4.78, 5) is 17.9. The number of nitrogens with zero attached hydrogens (tertiary/aromatic N) is 3. The molecule has 2 atom stereocenters. The van der Waals surface area contributed by atoms with E-state index < -0.39 is 15.7 Å². The van der Waals surface area contributed by atoms with Crippen LogP contribution in [-0.2, 0) is 10.8 Å². The van der Waals surface area contributed by atoms with Gasteiger partial charge < -0.3 is 5.32 Å². The first-order valence-corrected chi connectivity index (χ1v) is 7.17. The summed E-state index contributed by atoms with van der Waals surface area (Å²) in [6.45, 7) is 3.25. The van der Waals surface area contributed by atoms with Gasteiger partial charge in [-0.05, 0) is 25.4 Å². The van der Waals surface area contributed by atoms with Crippen molar-refractivity contribution < 1.29 is 9.13 Å². The smallest absolute Gasteiger partial charge is 0.332 e. The molecule has 1 aromatic heterocycles. The lowest BCUT2D eigenvalue weighted by Gasteiger charge is -2.13. The molecule has 0 aliphatic carbocycles. The van der Waals surface area contributed by atoms with Gasteiger partial charge in [-0.1, -0.05) is 0 Å². The van der Waals surface area contributed by atoms with Crippen LogP contribution in [0.1, 0.15) is 12.6 Å². The lowest BCUT2D eigenvalue weighted by Crippen LogP contribution is -2.23. The third-order valence-electron chi connectivity index (χ3n) is 2.08. The third-order valence-corrected chi connectivity index (χ3v) is 3.22. The van der Waals surface area contributed by atoms with Gasteiger partial charge in [0.25, 0.3) is 0 Å². The highest BCUT2D eigenvalue weighted by Gasteiger charge is 2.22. The largest absolute Gasteiger partial charge is 0.361 e. The topological polar surface area (TPSA) is 98.0 Å². The van der Waals surface area contributed by atoms with E-state index in [1.165, 1.54) is 6.92 Å². The number of hydrogen-bond donors (Lipinski definition) is 1. The van der Waals surface area contributed by atoms with Crippen LogP contribution in [0.4, 0.5) is 11.5 Å². The molecule has 0 aliphatic heterocycles. The number of rotatable bonds is 5. The summed E-state index contributed by atoms with van der Waals surface area (Å²) in [6, 6.07) is -0.222. The molecule has 1 rings (SSSR count). The van der Waals surface area contributed by atoms with Crippen LogP contribution < -0.4 is 5.32 Å². The summed E-state index contributed by atoms with van der Waals surface area (Å²) < 4.78 is 11.1. The van der Waals surface area contributed by atoms with Crippen molar-refractivity contribution in [1.82, 2.24) is 9.97 Å². The molecule has 18 heavy (non-hydrogen) atoms. The van der Waals surface area contributed by atoms with Crippen molar-refractivity contribution in [2.75, 3.05) is 17.3 Å². The van der Waals surface area contributed by atoms with E-state index >= 15 is 0 Å². The van der Waals surface area contributed by atoms with E-state index in [1.54, 1.807) is 13.2 Å². The molecule has 9 heteroatoms. The van der Waals surface area contributed by atoms with E-state index in [1.807, 2.05) is 0 Å². The van der Waals surface area contributed by atoms with Crippen LogP contribution in [0, 0.1) is 17.0 Å². The number of aryl methyl sites for hydroxylation is 1. The van der Waals surface area contributed by atoms with Gasteiger partial charge in [-0.2, -0.15) is 4.98 Å². The first-order chi connectivity index (χ1) is 8.31. The molecule has 0 bridgehead atoms. The first-order valence-electron chi connectivity index (χ1n) is 5.06. The Hall–Kier alpha value is -1.28.